The highest BCUT2D eigenvalue weighted by atomic mass is 16.3. The highest BCUT2D eigenvalue weighted by Gasteiger charge is 2.16. The number of pyridine rings is 1. The minimum absolute atomic E-state index is 0.317. The van der Waals surface area contributed by atoms with Crippen LogP contribution < -0.4 is 11.1 Å². The van der Waals surface area contributed by atoms with Crippen LogP contribution >= 0.6 is 0 Å². The average Bonchev–Trinajstić information content (AvgIpc) is 2.47. The van der Waals surface area contributed by atoms with E-state index in [1.54, 1.807) is 6.20 Å². The van der Waals surface area contributed by atoms with Crippen LogP contribution in [0.4, 0.5) is 11.4 Å². The molecule has 0 saturated carbocycles. The normalized spacial score (nSPS) is 12.8. The number of nitrogen functional groups attached to an aromatic ring is 1. The fraction of sp³-hybridized carbons (Fsp3) is 0.438. The van der Waals surface area contributed by atoms with Crippen LogP contribution in [-0.4, -0.2) is 22.7 Å². The van der Waals surface area contributed by atoms with Gasteiger partial charge in [0.25, 0.3) is 0 Å². The number of aliphatic hydroxyl groups excluding tert-OH is 1. The van der Waals surface area contributed by atoms with E-state index >= 15 is 0 Å². The van der Waals surface area contributed by atoms with E-state index in [4.69, 9.17) is 5.73 Å². The van der Waals surface area contributed by atoms with Gasteiger partial charge in [-0.1, -0.05) is 44.9 Å². The first kappa shape index (κ1) is 14.6. The molecule has 1 aromatic heterocycles. The number of aromatic nitrogens is 1. The maximum absolute atomic E-state index is 10.2. The second kappa shape index (κ2) is 6.57. The van der Waals surface area contributed by atoms with Gasteiger partial charge in [-0.25, -0.2) is 0 Å². The van der Waals surface area contributed by atoms with Crippen LogP contribution in [0, 0.1) is 5.92 Å². The number of nitrogens with one attached hydrogen (secondary N) is 1. The first-order chi connectivity index (χ1) is 9.67. The van der Waals surface area contributed by atoms with Gasteiger partial charge in [0.05, 0.1) is 29.2 Å². The quantitative estimate of drug-likeness (QED) is 0.756. The summed E-state index contributed by atoms with van der Waals surface area (Å²) in [5.74, 6) is 0.317. The summed E-state index contributed by atoms with van der Waals surface area (Å²) >= 11 is 0. The van der Waals surface area contributed by atoms with Crippen molar-refractivity contribution in [2.75, 3.05) is 17.6 Å². The van der Waals surface area contributed by atoms with Gasteiger partial charge in [-0.05, 0) is 12.0 Å². The van der Waals surface area contributed by atoms with Crippen molar-refractivity contribution >= 4 is 22.3 Å². The van der Waals surface area contributed by atoms with Gasteiger partial charge in [-0.2, -0.15) is 0 Å². The van der Waals surface area contributed by atoms with Gasteiger partial charge in [0.2, 0.25) is 0 Å². The molecular weight excluding hydrogens is 250 g/mol. The Bertz CT molecular complexity index is 567. The van der Waals surface area contributed by atoms with Gasteiger partial charge >= 0.3 is 0 Å². The molecule has 2 rings (SSSR count). The highest BCUT2D eigenvalue weighted by Crippen LogP contribution is 2.27. The summed E-state index contributed by atoms with van der Waals surface area (Å²) in [6, 6.07) is 7.86. The summed E-state index contributed by atoms with van der Waals surface area (Å²) in [5.41, 5.74) is 8.38. The third-order valence-electron chi connectivity index (χ3n) is 3.89. The molecule has 108 valence electrons. The number of hydrogen-bond donors (Lipinski definition) is 3. The Morgan fingerprint density at radius 1 is 1.25 bits per heavy atom. The zero-order valence-electron chi connectivity index (χ0n) is 12.1. The third kappa shape index (κ3) is 3.02. The molecule has 0 bridgehead atoms. The molecule has 4 nitrogen and oxygen atoms in total. The summed E-state index contributed by atoms with van der Waals surface area (Å²) in [7, 11) is 0. The van der Waals surface area contributed by atoms with Crippen LogP contribution in [0.1, 0.15) is 26.7 Å². The fourth-order valence-corrected chi connectivity index (χ4v) is 2.56. The topological polar surface area (TPSA) is 71.2 Å². The number of anilines is 2. The lowest BCUT2D eigenvalue weighted by atomic mass is 9.96. The molecule has 0 saturated heterocycles. The smallest absolute Gasteiger partial charge is 0.0743 e. The molecule has 2 aromatic rings. The van der Waals surface area contributed by atoms with E-state index in [0.29, 0.717) is 18.2 Å². The molecular formula is C16H23N3O. The van der Waals surface area contributed by atoms with E-state index in [0.717, 1.165) is 29.4 Å². The van der Waals surface area contributed by atoms with Crippen molar-refractivity contribution < 1.29 is 5.11 Å². The van der Waals surface area contributed by atoms with Crippen LogP contribution in [0.2, 0.25) is 0 Å². The first-order valence-corrected chi connectivity index (χ1v) is 7.22. The number of benzene rings is 1. The number of hydrogen-bond acceptors (Lipinski definition) is 4. The lowest BCUT2D eigenvalue weighted by molar-refractivity contribution is 0.114. The van der Waals surface area contributed by atoms with E-state index in [1.165, 1.54) is 0 Å². The van der Waals surface area contributed by atoms with E-state index < -0.39 is 0 Å². The molecule has 0 aliphatic carbocycles. The molecule has 0 amide bonds. The van der Waals surface area contributed by atoms with E-state index in [2.05, 4.69) is 24.1 Å². The Hall–Kier alpha value is -1.81. The lowest BCUT2D eigenvalue weighted by Gasteiger charge is -2.21. The van der Waals surface area contributed by atoms with E-state index in [1.807, 2.05) is 24.3 Å². The average molecular weight is 273 g/mol. The van der Waals surface area contributed by atoms with Gasteiger partial charge in [0.15, 0.2) is 0 Å². The molecule has 1 atom stereocenters. The number of fused-ring (bicyclic) bond motifs is 1. The minimum atomic E-state index is -0.365. The molecule has 20 heavy (non-hydrogen) atoms. The van der Waals surface area contributed by atoms with Gasteiger partial charge < -0.3 is 16.2 Å². The minimum Gasteiger partial charge on any atom is -0.396 e. The predicted molar refractivity (Wildman–Crippen MR) is 84.7 cm³/mol. The Balaban J connectivity index is 2.19. The van der Waals surface area contributed by atoms with Gasteiger partial charge in [-0.15, -0.1) is 0 Å². The standard InChI is InChI=1S/C16H23N3O/c1-3-11(4-2)15(20)10-19-16-12-7-5-6-8-14(12)18-9-13(16)17/h5-9,11,15,20H,3-4,10,17H2,1-2H3,(H,18,19). The number of para-hydroxylation sites is 1. The summed E-state index contributed by atoms with van der Waals surface area (Å²) in [4.78, 5) is 4.31. The monoisotopic (exact) mass is 273 g/mol. The molecule has 4 N–H and O–H groups in total. The van der Waals surface area contributed by atoms with E-state index in [9.17, 15) is 5.11 Å². The zero-order chi connectivity index (χ0) is 14.5. The number of rotatable bonds is 6. The Morgan fingerprint density at radius 2 is 1.95 bits per heavy atom. The molecule has 1 heterocycles. The van der Waals surface area contributed by atoms with E-state index in [-0.39, 0.29) is 6.10 Å². The maximum Gasteiger partial charge on any atom is 0.0743 e. The Kier molecular flexibility index (Phi) is 4.79. The van der Waals surface area contributed by atoms with Gasteiger partial charge in [0, 0.05) is 11.9 Å². The molecule has 1 aromatic carbocycles. The Morgan fingerprint density at radius 3 is 2.65 bits per heavy atom. The molecule has 0 radical (unpaired) electrons. The van der Waals surface area contributed by atoms with Crippen LogP contribution in [0.5, 0.6) is 0 Å². The zero-order valence-corrected chi connectivity index (χ0v) is 12.1. The van der Waals surface area contributed by atoms with Crippen molar-refractivity contribution in [2.45, 2.75) is 32.8 Å². The van der Waals surface area contributed by atoms with Crippen LogP contribution in [0.15, 0.2) is 30.5 Å². The second-order valence-electron chi connectivity index (χ2n) is 5.13. The van der Waals surface area contributed by atoms with Crippen LogP contribution in [0.25, 0.3) is 10.9 Å². The first-order valence-electron chi connectivity index (χ1n) is 7.22. The molecule has 0 fully saturated rings. The van der Waals surface area contributed by atoms with Crippen LogP contribution in [-0.2, 0) is 0 Å². The molecule has 4 heteroatoms. The Labute approximate surface area is 120 Å². The van der Waals surface area contributed by atoms with Crippen molar-refractivity contribution in [3.63, 3.8) is 0 Å². The van der Waals surface area contributed by atoms with Crippen molar-refractivity contribution in [3.8, 4) is 0 Å². The fourth-order valence-electron chi connectivity index (χ4n) is 2.56. The van der Waals surface area contributed by atoms with Crippen molar-refractivity contribution in [1.82, 2.24) is 4.98 Å². The largest absolute Gasteiger partial charge is 0.396 e. The maximum atomic E-state index is 10.2. The van der Waals surface area contributed by atoms with Crippen molar-refractivity contribution in [2.24, 2.45) is 5.92 Å². The number of nitrogens with zero attached hydrogens (tertiary/aromatic N) is 1. The van der Waals surface area contributed by atoms with Gasteiger partial charge in [0.1, 0.15) is 0 Å². The summed E-state index contributed by atoms with van der Waals surface area (Å²) in [6.45, 7) is 4.71. The van der Waals surface area contributed by atoms with Crippen molar-refractivity contribution in [1.29, 1.82) is 0 Å². The predicted octanol–water partition coefficient (Wildman–Crippen LogP) is 3.03. The van der Waals surface area contributed by atoms with Crippen LogP contribution in [0.3, 0.4) is 0 Å². The number of nitrogens with two attached hydrogens (primary N) is 1. The van der Waals surface area contributed by atoms with Crippen molar-refractivity contribution in [3.05, 3.63) is 30.5 Å². The third-order valence-corrected chi connectivity index (χ3v) is 3.89. The summed E-state index contributed by atoms with van der Waals surface area (Å²) in [6.07, 6.45) is 3.25. The molecule has 0 aliphatic rings. The lowest BCUT2D eigenvalue weighted by Crippen LogP contribution is -2.28. The van der Waals surface area contributed by atoms with Gasteiger partial charge in [-0.3, -0.25) is 4.98 Å². The molecule has 0 spiro atoms. The highest BCUT2D eigenvalue weighted by molar-refractivity contribution is 5.96. The SMILES string of the molecule is CCC(CC)C(O)CNc1c(N)cnc2ccccc12. The molecule has 1 unspecified atom stereocenters. The summed E-state index contributed by atoms with van der Waals surface area (Å²) in [5, 5.41) is 14.5. The number of aliphatic hydroxyl groups is 1. The molecule has 0 aliphatic heterocycles. The summed E-state index contributed by atoms with van der Waals surface area (Å²) < 4.78 is 0. The second-order valence-corrected chi connectivity index (χ2v) is 5.13.